The third-order valence-electron chi connectivity index (χ3n) is 2.83. The third-order valence-corrected chi connectivity index (χ3v) is 3.88. The smallest absolute Gasteiger partial charge is 0.165 e. The van der Waals surface area contributed by atoms with Gasteiger partial charge in [-0.05, 0) is 42.0 Å². The van der Waals surface area contributed by atoms with E-state index >= 15 is 0 Å². The molecule has 2 N–H and O–H groups in total. The minimum absolute atomic E-state index is 0.280. The average molecular weight is 241 g/mol. The molecule has 0 bridgehead atoms. The number of halogens is 1. The maximum atomic E-state index is 13.1. The van der Waals surface area contributed by atoms with E-state index in [4.69, 9.17) is 5.11 Å². The van der Waals surface area contributed by atoms with Crippen molar-refractivity contribution < 1.29 is 9.50 Å². The summed E-state index contributed by atoms with van der Waals surface area (Å²) in [6.07, 6.45) is 2.37. The molecule has 1 heterocycles. The monoisotopic (exact) mass is 241 g/mol. The average Bonchev–Trinajstić information content (AvgIpc) is 2.32. The van der Waals surface area contributed by atoms with Crippen LogP contribution in [0.4, 0.5) is 4.39 Å². The highest BCUT2D eigenvalue weighted by Gasteiger charge is 2.12. The second kappa shape index (κ2) is 5.55. The van der Waals surface area contributed by atoms with Gasteiger partial charge in [-0.1, -0.05) is 6.07 Å². The van der Waals surface area contributed by atoms with E-state index in [1.807, 2.05) is 11.8 Å². The van der Waals surface area contributed by atoms with E-state index in [1.165, 1.54) is 36.5 Å². The van der Waals surface area contributed by atoms with Crippen molar-refractivity contribution in [2.75, 3.05) is 11.5 Å². The normalized spacial score (nSPS) is 17.6. The lowest BCUT2D eigenvalue weighted by molar-refractivity contribution is 0.430. The molecule has 0 amide bonds. The number of rotatable bonds is 3. The van der Waals surface area contributed by atoms with Gasteiger partial charge < -0.3 is 10.4 Å². The molecule has 1 aliphatic rings. The topological polar surface area (TPSA) is 32.3 Å². The molecule has 1 saturated heterocycles. The summed E-state index contributed by atoms with van der Waals surface area (Å²) in [6, 6.07) is 5.10. The van der Waals surface area contributed by atoms with Gasteiger partial charge in [-0.3, -0.25) is 0 Å². The van der Waals surface area contributed by atoms with E-state index in [2.05, 4.69) is 5.32 Å². The summed E-state index contributed by atoms with van der Waals surface area (Å²) < 4.78 is 13.1. The van der Waals surface area contributed by atoms with Crippen molar-refractivity contribution in [3.05, 3.63) is 29.6 Å². The Balaban J connectivity index is 1.86. The minimum Gasteiger partial charge on any atom is -0.505 e. The third kappa shape index (κ3) is 3.12. The number of nitrogens with one attached hydrogen (secondary N) is 1. The molecular weight excluding hydrogens is 225 g/mol. The van der Waals surface area contributed by atoms with E-state index in [0.717, 1.165) is 5.56 Å². The van der Waals surface area contributed by atoms with Crippen LogP contribution in [0.15, 0.2) is 18.2 Å². The van der Waals surface area contributed by atoms with Crippen molar-refractivity contribution in [2.24, 2.45) is 0 Å². The number of hydrogen-bond donors (Lipinski definition) is 2. The van der Waals surface area contributed by atoms with E-state index in [1.54, 1.807) is 6.07 Å². The molecular formula is C12H16FNOS. The highest BCUT2D eigenvalue weighted by Crippen LogP contribution is 2.19. The highest BCUT2D eigenvalue weighted by molar-refractivity contribution is 7.99. The number of thioether (sulfide) groups is 1. The van der Waals surface area contributed by atoms with Crippen molar-refractivity contribution in [3.63, 3.8) is 0 Å². The summed E-state index contributed by atoms with van der Waals surface area (Å²) in [7, 11) is 0. The Kier molecular flexibility index (Phi) is 4.07. The maximum Gasteiger partial charge on any atom is 0.165 e. The molecule has 2 rings (SSSR count). The summed E-state index contributed by atoms with van der Waals surface area (Å²) in [5.74, 6) is 1.60. The molecule has 1 aromatic rings. The molecule has 4 heteroatoms. The molecule has 0 saturated carbocycles. The van der Waals surface area contributed by atoms with Crippen LogP contribution in [0.3, 0.4) is 0 Å². The zero-order valence-electron chi connectivity index (χ0n) is 9.08. The molecule has 0 aromatic heterocycles. The largest absolute Gasteiger partial charge is 0.505 e. The fourth-order valence-electron chi connectivity index (χ4n) is 1.82. The first kappa shape index (κ1) is 11.7. The molecule has 88 valence electrons. The Morgan fingerprint density at radius 1 is 1.38 bits per heavy atom. The van der Waals surface area contributed by atoms with Crippen LogP contribution in [-0.4, -0.2) is 22.7 Å². The summed E-state index contributed by atoms with van der Waals surface area (Å²) in [4.78, 5) is 0. The lowest BCUT2D eigenvalue weighted by atomic mass is 10.1. The molecule has 1 aliphatic heterocycles. The van der Waals surface area contributed by atoms with Crippen LogP contribution in [0, 0.1) is 5.82 Å². The second-order valence-corrected chi connectivity index (χ2v) is 5.28. The molecule has 0 unspecified atom stereocenters. The first-order valence-electron chi connectivity index (χ1n) is 5.54. The van der Waals surface area contributed by atoms with Crippen LogP contribution in [0.25, 0.3) is 0 Å². The van der Waals surface area contributed by atoms with Crippen LogP contribution < -0.4 is 5.32 Å². The van der Waals surface area contributed by atoms with Gasteiger partial charge in [-0.15, -0.1) is 0 Å². The van der Waals surface area contributed by atoms with Crippen LogP contribution in [0.2, 0.25) is 0 Å². The number of phenols is 1. The number of hydrogen-bond acceptors (Lipinski definition) is 3. The van der Waals surface area contributed by atoms with Crippen LogP contribution >= 0.6 is 11.8 Å². The van der Waals surface area contributed by atoms with Gasteiger partial charge in [0.2, 0.25) is 0 Å². The van der Waals surface area contributed by atoms with Gasteiger partial charge in [0.15, 0.2) is 11.6 Å². The van der Waals surface area contributed by atoms with Gasteiger partial charge in [0.05, 0.1) is 0 Å². The lowest BCUT2D eigenvalue weighted by Crippen LogP contribution is -2.32. The predicted octanol–water partition coefficient (Wildman–Crippen LogP) is 2.52. The van der Waals surface area contributed by atoms with E-state index in [0.29, 0.717) is 12.6 Å². The van der Waals surface area contributed by atoms with Gasteiger partial charge in [0, 0.05) is 12.6 Å². The number of phenolic OH excluding ortho intramolecular Hbond substituents is 1. The Morgan fingerprint density at radius 2 is 2.12 bits per heavy atom. The second-order valence-electron chi connectivity index (χ2n) is 4.05. The molecule has 0 aliphatic carbocycles. The SMILES string of the molecule is Oc1ccc(CNC2CCSCC2)cc1F. The maximum absolute atomic E-state index is 13.1. The summed E-state index contributed by atoms with van der Waals surface area (Å²) in [5, 5.41) is 12.5. The lowest BCUT2D eigenvalue weighted by Gasteiger charge is -2.22. The van der Waals surface area contributed by atoms with Gasteiger partial charge in [0.25, 0.3) is 0 Å². The molecule has 0 radical (unpaired) electrons. The number of benzene rings is 1. The van der Waals surface area contributed by atoms with Crippen molar-refractivity contribution in [3.8, 4) is 5.75 Å². The Labute approximate surface area is 99.2 Å². The Morgan fingerprint density at radius 3 is 2.81 bits per heavy atom. The van der Waals surface area contributed by atoms with Gasteiger partial charge in [-0.2, -0.15) is 11.8 Å². The van der Waals surface area contributed by atoms with Crippen molar-refractivity contribution in [1.82, 2.24) is 5.32 Å². The van der Waals surface area contributed by atoms with Crippen molar-refractivity contribution in [2.45, 2.75) is 25.4 Å². The summed E-state index contributed by atoms with van der Waals surface area (Å²) in [6.45, 7) is 0.673. The van der Waals surface area contributed by atoms with Crippen molar-refractivity contribution >= 4 is 11.8 Å². The fourth-order valence-corrected chi connectivity index (χ4v) is 2.93. The zero-order chi connectivity index (χ0) is 11.4. The molecule has 0 spiro atoms. The van der Waals surface area contributed by atoms with E-state index in [-0.39, 0.29) is 5.75 Å². The Hall–Kier alpha value is -0.740. The molecule has 0 atom stereocenters. The van der Waals surface area contributed by atoms with Crippen LogP contribution in [0.5, 0.6) is 5.75 Å². The first-order chi connectivity index (χ1) is 7.75. The fraction of sp³-hybridized carbons (Fsp3) is 0.500. The summed E-state index contributed by atoms with van der Waals surface area (Å²) >= 11 is 1.99. The first-order valence-corrected chi connectivity index (χ1v) is 6.69. The van der Waals surface area contributed by atoms with Crippen LogP contribution in [0.1, 0.15) is 18.4 Å². The molecule has 16 heavy (non-hydrogen) atoms. The number of aromatic hydroxyl groups is 1. The highest BCUT2D eigenvalue weighted by atomic mass is 32.2. The molecule has 1 fully saturated rings. The minimum atomic E-state index is -0.543. The van der Waals surface area contributed by atoms with Gasteiger partial charge in [0.1, 0.15) is 0 Å². The quantitative estimate of drug-likeness (QED) is 0.853. The standard InChI is InChI=1S/C12H16FNOS/c13-11-7-9(1-2-12(11)15)8-14-10-3-5-16-6-4-10/h1-2,7,10,14-15H,3-6,8H2. The summed E-state index contributed by atoms with van der Waals surface area (Å²) in [5.41, 5.74) is 0.883. The van der Waals surface area contributed by atoms with Gasteiger partial charge in [-0.25, -0.2) is 4.39 Å². The molecule has 2 nitrogen and oxygen atoms in total. The van der Waals surface area contributed by atoms with E-state index in [9.17, 15) is 4.39 Å². The predicted molar refractivity (Wildman–Crippen MR) is 65.3 cm³/mol. The molecule has 1 aromatic carbocycles. The van der Waals surface area contributed by atoms with Crippen LogP contribution in [-0.2, 0) is 6.54 Å². The zero-order valence-corrected chi connectivity index (χ0v) is 9.89. The van der Waals surface area contributed by atoms with E-state index < -0.39 is 5.82 Å². The van der Waals surface area contributed by atoms with Gasteiger partial charge >= 0.3 is 0 Å². The van der Waals surface area contributed by atoms with Crippen molar-refractivity contribution in [1.29, 1.82) is 0 Å². The Bertz CT molecular complexity index is 353.